The van der Waals surface area contributed by atoms with Crippen molar-refractivity contribution in [2.24, 2.45) is 0 Å². The molecule has 3 heteroatoms. The average Bonchev–Trinajstić information content (AvgIpc) is 2.49. The van der Waals surface area contributed by atoms with E-state index in [2.05, 4.69) is 53.0 Å². The highest BCUT2D eigenvalue weighted by molar-refractivity contribution is 5.15. The summed E-state index contributed by atoms with van der Waals surface area (Å²) in [6, 6.07) is 11.1. The quantitative estimate of drug-likeness (QED) is 0.564. The molecule has 1 aliphatic heterocycles. The minimum Gasteiger partial charge on any atom is -0.303 e. The summed E-state index contributed by atoms with van der Waals surface area (Å²) in [5.74, 6) is 0. The maximum Gasteiger partial charge on any atom is 0.0225 e. The van der Waals surface area contributed by atoms with E-state index >= 15 is 0 Å². The van der Waals surface area contributed by atoms with Crippen molar-refractivity contribution in [1.82, 2.24) is 15.8 Å². The molecule has 0 radical (unpaired) electrons. The molecule has 1 heterocycles. The summed E-state index contributed by atoms with van der Waals surface area (Å²) in [4.78, 5) is 2.60. The van der Waals surface area contributed by atoms with Crippen LogP contribution in [0.5, 0.6) is 0 Å². The lowest BCUT2D eigenvalue weighted by Crippen LogP contribution is -2.41. The van der Waals surface area contributed by atoms with Crippen LogP contribution in [0.3, 0.4) is 0 Å². The number of hydrazine groups is 1. The second-order valence-corrected chi connectivity index (χ2v) is 5.92. The Morgan fingerprint density at radius 3 is 2.60 bits per heavy atom. The first-order valence-electron chi connectivity index (χ1n) is 8.09. The highest BCUT2D eigenvalue weighted by atomic mass is 15.4. The van der Waals surface area contributed by atoms with Crippen molar-refractivity contribution >= 4 is 0 Å². The fraction of sp³-hybridized carbons (Fsp3) is 0.647. The van der Waals surface area contributed by atoms with Crippen molar-refractivity contribution in [3.05, 3.63) is 35.9 Å². The van der Waals surface area contributed by atoms with Crippen LogP contribution in [0.4, 0.5) is 0 Å². The maximum absolute atomic E-state index is 3.40. The molecule has 2 rings (SSSR count). The molecule has 112 valence electrons. The van der Waals surface area contributed by atoms with Gasteiger partial charge in [-0.1, -0.05) is 36.8 Å². The zero-order valence-corrected chi connectivity index (χ0v) is 12.8. The number of benzene rings is 1. The standard InChI is InChI=1S/C17H29N3/c1-16(15-17-9-4-2-5-10-17)19-18-11-8-14-20-12-6-3-7-13-20/h2,4-5,9-10,16,18-19H,3,6-8,11-15H2,1H3/t16-/m0/s1. The first-order chi connectivity index (χ1) is 9.84. The van der Waals surface area contributed by atoms with Gasteiger partial charge in [0.25, 0.3) is 0 Å². The van der Waals surface area contributed by atoms with Crippen LogP contribution < -0.4 is 10.9 Å². The van der Waals surface area contributed by atoms with E-state index in [1.54, 1.807) is 0 Å². The third-order valence-corrected chi connectivity index (χ3v) is 3.96. The van der Waals surface area contributed by atoms with Crippen molar-refractivity contribution in [1.29, 1.82) is 0 Å². The molecule has 0 aromatic heterocycles. The predicted octanol–water partition coefficient (Wildman–Crippen LogP) is 2.59. The second kappa shape index (κ2) is 9.11. The van der Waals surface area contributed by atoms with Crippen LogP contribution in [0.15, 0.2) is 30.3 Å². The van der Waals surface area contributed by atoms with Gasteiger partial charge in [-0.25, -0.2) is 0 Å². The largest absolute Gasteiger partial charge is 0.303 e. The molecule has 1 atom stereocenters. The lowest BCUT2D eigenvalue weighted by atomic mass is 10.1. The van der Waals surface area contributed by atoms with Gasteiger partial charge < -0.3 is 4.90 Å². The Balaban J connectivity index is 1.50. The molecule has 1 saturated heterocycles. The van der Waals surface area contributed by atoms with Gasteiger partial charge in [0.05, 0.1) is 0 Å². The molecule has 3 nitrogen and oxygen atoms in total. The molecular weight excluding hydrogens is 246 g/mol. The molecule has 0 unspecified atom stereocenters. The van der Waals surface area contributed by atoms with Crippen molar-refractivity contribution in [3.63, 3.8) is 0 Å². The Kier molecular flexibility index (Phi) is 7.06. The van der Waals surface area contributed by atoms with Crippen LogP contribution in [0.2, 0.25) is 0 Å². The Labute approximate surface area is 123 Å². The molecule has 0 aliphatic carbocycles. The van der Waals surface area contributed by atoms with Gasteiger partial charge >= 0.3 is 0 Å². The van der Waals surface area contributed by atoms with Crippen molar-refractivity contribution in [2.75, 3.05) is 26.2 Å². The van der Waals surface area contributed by atoms with Crippen molar-refractivity contribution in [3.8, 4) is 0 Å². The fourth-order valence-electron chi connectivity index (χ4n) is 2.84. The molecule has 1 aromatic rings. The lowest BCUT2D eigenvalue weighted by Gasteiger charge is -2.26. The number of likely N-dealkylation sites (tertiary alicyclic amines) is 1. The smallest absolute Gasteiger partial charge is 0.0225 e. The number of piperidine rings is 1. The van der Waals surface area contributed by atoms with Gasteiger partial charge in [-0.05, 0) is 57.8 Å². The second-order valence-electron chi connectivity index (χ2n) is 5.92. The number of rotatable bonds is 8. The average molecular weight is 275 g/mol. The van der Waals surface area contributed by atoms with Crippen LogP contribution in [-0.4, -0.2) is 37.1 Å². The first kappa shape index (κ1) is 15.5. The lowest BCUT2D eigenvalue weighted by molar-refractivity contribution is 0.224. The molecule has 20 heavy (non-hydrogen) atoms. The fourth-order valence-corrected chi connectivity index (χ4v) is 2.84. The van der Waals surface area contributed by atoms with Gasteiger partial charge in [-0.3, -0.25) is 10.9 Å². The van der Waals surface area contributed by atoms with E-state index in [1.807, 2.05) is 0 Å². The molecule has 0 amide bonds. The summed E-state index contributed by atoms with van der Waals surface area (Å²) in [5, 5.41) is 0. The highest BCUT2D eigenvalue weighted by Crippen LogP contribution is 2.08. The molecular formula is C17H29N3. The zero-order chi connectivity index (χ0) is 14.0. The topological polar surface area (TPSA) is 27.3 Å². The molecule has 1 aliphatic rings. The van der Waals surface area contributed by atoms with Crippen LogP contribution in [0.1, 0.15) is 38.2 Å². The molecule has 1 fully saturated rings. The molecule has 2 N–H and O–H groups in total. The Morgan fingerprint density at radius 2 is 1.85 bits per heavy atom. The predicted molar refractivity (Wildman–Crippen MR) is 85.7 cm³/mol. The van der Waals surface area contributed by atoms with E-state index in [9.17, 15) is 0 Å². The van der Waals surface area contributed by atoms with Crippen LogP contribution >= 0.6 is 0 Å². The minimum atomic E-state index is 0.465. The van der Waals surface area contributed by atoms with Crippen molar-refractivity contribution in [2.45, 2.75) is 45.1 Å². The van der Waals surface area contributed by atoms with E-state index < -0.39 is 0 Å². The summed E-state index contributed by atoms with van der Waals surface area (Å²) in [6.45, 7) is 7.12. The Bertz CT molecular complexity index is 347. The van der Waals surface area contributed by atoms with Crippen LogP contribution in [0, 0.1) is 0 Å². The van der Waals surface area contributed by atoms with E-state index in [0.29, 0.717) is 6.04 Å². The third-order valence-electron chi connectivity index (χ3n) is 3.96. The highest BCUT2D eigenvalue weighted by Gasteiger charge is 2.08. The number of nitrogens with one attached hydrogen (secondary N) is 2. The normalized spacial score (nSPS) is 18.1. The van der Waals surface area contributed by atoms with Crippen LogP contribution in [-0.2, 0) is 6.42 Å². The number of hydrogen-bond donors (Lipinski definition) is 2. The molecule has 1 aromatic carbocycles. The van der Waals surface area contributed by atoms with Gasteiger partial charge in [0.15, 0.2) is 0 Å². The SMILES string of the molecule is C[C@@H](Cc1ccccc1)NNCCCN1CCCCC1. The van der Waals surface area contributed by atoms with Gasteiger partial charge in [-0.2, -0.15) is 0 Å². The first-order valence-corrected chi connectivity index (χ1v) is 8.09. The Morgan fingerprint density at radius 1 is 1.10 bits per heavy atom. The zero-order valence-electron chi connectivity index (χ0n) is 12.8. The summed E-state index contributed by atoms with van der Waals surface area (Å²) in [6.07, 6.45) is 6.50. The summed E-state index contributed by atoms with van der Waals surface area (Å²) >= 11 is 0. The molecule has 0 saturated carbocycles. The maximum atomic E-state index is 3.40. The van der Waals surface area contributed by atoms with E-state index in [0.717, 1.165) is 13.0 Å². The number of nitrogens with zero attached hydrogens (tertiary/aromatic N) is 1. The Hall–Kier alpha value is -0.900. The molecule has 0 bridgehead atoms. The van der Waals surface area contributed by atoms with Crippen molar-refractivity contribution < 1.29 is 0 Å². The van der Waals surface area contributed by atoms with E-state index in [1.165, 1.54) is 50.9 Å². The number of hydrogen-bond acceptors (Lipinski definition) is 3. The summed E-state index contributed by atoms with van der Waals surface area (Å²) in [7, 11) is 0. The van der Waals surface area contributed by atoms with Gasteiger partial charge in [0.1, 0.15) is 0 Å². The van der Waals surface area contributed by atoms with Gasteiger partial charge in [0, 0.05) is 12.6 Å². The summed E-state index contributed by atoms with van der Waals surface area (Å²) < 4.78 is 0. The summed E-state index contributed by atoms with van der Waals surface area (Å²) in [5.41, 5.74) is 8.16. The minimum absolute atomic E-state index is 0.465. The van der Waals surface area contributed by atoms with Crippen LogP contribution in [0.25, 0.3) is 0 Å². The van der Waals surface area contributed by atoms with Gasteiger partial charge in [0.2, 0.25) is 0 Å². The molecule has 0 spiro atoms. The monoisotopic (exact) mass is 275 g/mol. The van der Waals surface area contributed by atoms with Gasteiger partial charge in [-0.15, -0.1) is 0 Å². The van der Waals surface area contributed by atoms with E-state index in [-0.39, 0.29) is 0 Å². The third kappa shape index (κ3) is 6.04. The van der Waals surface area contributed by atoms with E-state index in [4.69, 9.17) is 0 Å².